The fourth-order valence-corrected chi connectivity index (χ4v) is 2.54. The summed E-state index contributed by atoms with van der Waals surface area (Å²) in [7, 11) is 1.66. The fraction of sp³-hybridized carbons (Fsp3) is 0.588. The minimum absolute atomic E-state index is 0.584. The van der Waals surface area contributed by atoms with Crippen molar-refractivity contribution in [1.29, 1.82) is 0 Å². The molecule has 0 saturated carbocycles. The van der Waals surface area contributed by atoms with Crippen molar-refractivity contribution in [1.82, 2.24) is 4.90 Å². The van der Waals surface area contributed by atoms with Crippen molar-refractivity contribution in [2.24, 2.45) is 10.7 Å². The third-order valence-electron chi connectivity index (χ3n) is 3.87. The number of nitrogens with two attached hydrogens (primary N) is 1. The largest absolute Gasteiger partial charge is 0.497 e. The number of aliphatic imine (C=N–C) groups is 1. The Balaban J connectivity index is 1.65. The van der Waals surface area contributed by atoms with E-state index >= 15 is 0 Å². The SMILES string of the molecule is COc1ccc(COCCN=C(N)N2CCCCCC2)cc1. The van der Waals surface area contributed by atoms with Crippen LogP contribution in [0.1, 0.15) is 31.2 Å². The number of hydrogen-bond donors (Lipinski definition) is 1. The van der Waals surface area contributed by atoms with Crippen molar-refractivity contribution in [3.63, 3.8) is 0 Å². The number of rotatable bonds is 6. The normalized spacial score (nSPS) is 16.4. The highest BCUT2D eigenvalue weighted by Crippen LogP contribution is 2.12. The van der Waals surface area contributed by atoms with Crippen molar-refractivity contribution in [3.8, 4) is 5.75 Å². The summed E-state index contributed by atoms with van der Waals surface area (Å²) < 4.78 is 10.8. The lowest BCUT2D eigenvalue weighted by Crippen LogP contribution is -2.38. The minimum atomic E-state index is 0.584. The van der Waals surface area contributed by atoms with E-state index in [1.54, 1.807) is 7.11 Å². The molecule has 0 amide bonds. The second-order valence-electron chi connectivity index (χ2n) is 5.54. The van der Waals surface area contributed by atoms with Crippen LogP contribution in [0.4, 0.5) is 0 Å². The summed E-state index contributed by atoms with van der Waals surface area (Å²) in [6.07, 6.45) is 5.03. The van der Waals surface area contributed by atoms with Gasteiger partial charge >= 0.3 is 0 Å². The molecule has 0 unspecified atom stereocenters. The van der Waals surface area contributed by atoms with Gasteiger partial charge in [0.2, 0.25) is 0 Å². The van der Waals surface area contributed by atoms with Gasteiger partial charge in [-0.3, -0.25) is 4.99 Å². The van der Waals surface area contributed by atoms with Gasteiger partial charge in [-0.2, -0.15) is 0 Å². The Hall–Kier alpha value is -1.75. The third-order valence-corrected chi connectivity index (χ3v) is 3.87. The van der Waals surface area contributed by atoms with Gasteiger partial charge in [0.05, 0.1) is 26.9 Å². The predicted octanol–water partition coefficient (Wildman–Crippen LogP) is 2.40. The second-order valence-corrected chi connectivity index (χ2v) is 5.54. The maximum atomic E-state index is 6.05. The van der Waals surface area contributed by atoms with Crippen LogP contribution in [0.3, 0.4) is 0 Å². The van der Waals surface area contributed by atoms with Crippen molar-refractivity contribution < 1.29 is 9.47 Å². The van der Waals surface area contributed by atoms with Gasteiger partial charge in [0.1, 0.15) is 5.75 Å². The monoisotopic (exact) mass is 305 g/mol. The van der Waals surface area contributed by atoms with Crippen LogP contribution in [0.5, 0.6) is 5.75 Å². The van der Waals surface area contributed by atoms with E-state index < -0.39 is 0 Å². The number of guanidine groups is 1. The molecule has 5 heteroatoms. The zero-order valence-electron chi connectivity index (χ0n) is 13.5. The van der Waals surface area contributed by atoms with Gasteiger partial charge in [0, 0.05) is 13.1 Å². The first kappa shape index (κ1) is 16.6. The van der Waals surface area contributed by atoms with Crippen LogP contribution in [0.15, 0.2) is 29.3 Å². The Morgan fingerprint density at radius 3 is 2.45 bits per heavy atom. The van der Waals surface area contributed by atoms with Gasteiger partial charge in [0.15, 0.2) is 5.96 Å². The van der Waals surface area contributed by atoms with Gasteiger partial charge in [-0.15, -0.1) is 0 Å². The van der Waals surface area contributed by atoms with Crippen molar-refractivity contribution in [2.45, 2.75) is 32.3 Å². The van der Waals surface area contributed by atoms with Gasteiger partial charge in [-0.1, -0.05) is 25.0 Å². The van der Waals surface area contributed by atoms with E-state index in [0.29, 0.717) is 25.7 Å². The summed E-state index contributed by atoms with van der Waals surface area (Å²) in [6, 6.07) is 7.89. The summed E-state index contributed by atoms with van der Waals surface area (Å²) in [5, 5.41) is 0. The topological polar surface area (TPSA) is 60.1 Å². The first-order valence-corrected chi connectivity index (χ1v) is 8.05. The lowest BCUT2D eigenvalue weighted by Gasteiger charge is -2.21. The smallest absolute Gasteiger partial charge is 0.191 e. The lowest BCUT2D eigenvalue weighted by atomic mass is 10.2. The zero-order valence-corrected chi connectivity index (χ0v) is 13.5. The first-order valence-electron chi connectivity index (χ1n) is 8.05. The van der Waals surface area contributed by atoms with Crippen molar-refractivity contribution in [3.05, 3.63) is 29.8 Å². The fourth-order valence-electron chi connectivity index (χ4n) is 2.54. The number of benzene rings is 1. The highest BCUT2D eigenvalue weighted by molar-refractivity contribution is 5.78. The molecule has 1 aliphatic heterocycles. The molecule has 1 fully saturated rings. The summed E-state index contributed by atoms with van der Waals surface area (Å²) in [5.41, 5.74) is 7.18. The maximum absolute atomic E-state index is 6.05. The summed E-state index contributed by atoms with van der Waals surface area (Å²) in [5.74, 6) is 1.52. The number of methoxy groups -OCH3 is 1. The van der Waals surface area contributed by atoms with E-state index in [0.717, 1.165) is 24.4 Å². The molecule has 1 aromatic rings. The molecule has 1 saturated heterocycles. The second kappa shape index (κ2) is 9.30. The Labute approximate surface area is 133 Å². The molecule has 0 aromatic heterocycles. The molecule has 0 spiro atoms. The van der Waals surface area contributed by atoms with E-state index in [1.807, 2.05) is 24.3 Å². The average Bonchev–Trinajstić information content (AvgIpc) is 2.84. The van der Waals surface area contributed by atoms with Crippen LogP contribution < -0.4 is 10.5 Å². The summed E-state index contributed by atoms with van der Waals surface area (Å²) >= 11 is 0. The molecule has 1 aliphatic rings. The van der Waals surface area contributed by atoms with E-state index in [4.69, 9.17) is 15.2 Å². The maximum Gasteiger partial charge on any atom is 0.191 e. The quantitative estimate of drug-likeness (QED) is 0.498. The van der Waals surface area contributed by atoms with Crippen LogP contribution in [-0.2, 0) is 11.3 Å². The highest BCUT2D eigenvalue weighted by atomic mass is 16.5. The summed E-state index contributed by atoms with van der Waals surface area (Å²) in [6.45, 7) is 3.84. The van der Waals surface area contributed by atoms with Gasteiger partial charge in [0.25, 0.3) is 0 Å². The molecule has 0 aliphatic carbocycles. The van der Waals surface area contributed by atoms with Gasteiger partial charge in [-0.25, -0.2) is 0 Å². The first-order chi connectivity index (χ1) is 10.8. The Morgan fingerprint density at radius 2 is 1.82 bits per heavy atom. The van der Waals surface area contributed by atoms with Crippen LogP contribution in [0.25, 0.3) is 0 Å². The molecular weight excluding hydrogens is 278 g/mol. The van der Waals surface area contributed by atoms with Gasteiger partial charge in [-0.05, 0) is 30.5 Å². The molecule has 2 N–H and O–H groups in total. The van der Waals surface area contributed by atoms with E-state index in [9.17, 15) is 0 Å². The number of hydrogen-bond acceptors (Lipinski definition) is 3. The molecule has 1 aromatic carbocycles. The molecule has 0 bridgehead atoms. The summed E-state index contributed by atoms with van der Waals surface area (Å²) in [4.78, 5) is 6.61. The molecule has 122 valence electrons. The molecule has 2 rings (SSSR count). The molecule has 1 heterocycles. The Morgan fingerprint density at radius 1 is 1.14 bits per heavy atom. The number of likely N-dealkylation sites (tertiary alicyclic amines) is 1. The molecular formula is C17H27N3O2. The number of nitrogens with zero attached hydrogens (tertiary/aromatic N) is 2. The lowest BCUT2D eigenvalue weighted by molar-refractivity contribution is 0.128. The van der Waals surface area contributed by atoms with Crippen LogP contribution in [0.2, 0.25) is 0 Å². The molecule has 0 radical (unpaired) electrons. The molecule has 5 nitrogen and oxygen atoms in total. The minimum Gasteiger partial charge on any atom is -0.497 e. The van der Waals surface area contributed by atoms with Crippen LogP contribution in [-0.4, -0.2) is 44.2 Å². The zero-order chi connectivity index (χ0) is 15.6. The predicted molar refractivity (Wildman–Crippen MR) is 89.2 cm³/mol. The standard InChI is InChI=1S/C17H27N3O2/c1-21-16-8-6-15(7-9-16)14-22-13-10-19-17(18)20-11-4-2-3-5-12-20/h6-9H,2-5,10-14H2,1H3,(H2,18,19). The average molecular weight is 305 g/mol. The van der Waals surface area contributed by atoms with E-state index in [2.05, 4.69) is 9.89 Å². The Kier molecular flexibility index (Phi) is 7.03. The van der Waals surface area contributed by atoms with Crippen molar-refractivity contribution >= 4 is 5.96 Å². The molecule has 0 atom stereocenters. The highest BCUT2D eigenvalue weighted by Gasteiger charge is 2.10. The van der Waals surface area contributed by atoms with E-state index in [1.165, 1.54) is 25.7 Å². The van der Waals surface area contributed by atoms with Crippen molar-refractivity contribution in [2.75, 3.05) is 33.4 Å². The third kappa shape index (κ3) is 5.56. The molecule has 22 heavy (non-hydrogen) atoms. The number of ether oxygens (including phenoxy) is 2. The Bertz CT molecular complexity index is 451. The van der Waals surface area contributed by atoms with E-state index in [-0.39, 0.29) is 0 Å². The van der Waals surface area contributed by atoms with Crippen LogP contribution in [0, 0.1) is 0 Å². The van der Waals surface area contributed by atoms with Crippen LogP contribution >= 0.6 is 0 Å². The van der Waals surface area contributed by atoms with Gasteiger partial charge < -0.3 is 20.1 Å².